The molecule has 0 radical (unpaired) electrons. The fourth-order valence-corrected chi connectivity index (χ4v) is 1.29. The highest BCUT2D eigenvalue weighted by molar-refractivity contribution is 7.85. The molecule has 21 heavy (non-hydrogen) atoms. The van der Waals surface area contributed by atoms with Gasteiger partial charge in [-0.25, -0.2) is 15.0 Å². The Labute approximate surface area is 121 Å². The molecule has 0 bridgehead atoms. The van der Waals surface area contributed by atoms with Gasteiger partial charge in [-0.3, -0.25) is 4.55 Å². The van der Waals surface area contributed by atoms with Crippen molar-refractivity contribution in [3.05, 3.63) is 24.3 Å². The van der Waals surface area contributed by atoms with Crippen LogP contribution in [0.25, 0.3) is 11.2 Å². The van der Waals surface area contributed by atoms with Gasteiger partial charge in [-0.15, -0.1) is 0 Å². The van der Waals surface area contributed by atoms with Gasteiger partial charge >= 0.3 is 0 Å². The summed E-state index contributed by atoms with van der Waals surface area (Å²) in [5.74, 6) is 0.712. The fraction of sp³-hybridized carbons (Fsp3) is 0.364. The van der Waals surface area contributed by atoms with Gasteiger partial charge in [0.1, 0.15) is 11.8 Å². The number of aliphatic hydroxyl groups excluding tert-OH is 1. The lowest BCUT2D eigenvalue weighted by Crippen LogP contribution is -2.03. The maximum Gasteiger partial charge on any atom is 0.261 e. The Morgan fingerprint density at radius 2 is 2.10 bits per heavy atom. The lowest BCUT2D eigenvalue weighted by molar-refractivity contribution is 0.331. The van der Waals surface area contributed by atoms with Gasteiger partial charge in [0, 0.05) is 6.54 Å². The Balaban J connectivity index is 0.000000383. The summed E-state index contributed by atoms with van der Waals surface area (Å²) < 4.78 is 25.9. The Hall–Kier alpha value is -2.04. The van der Waals surface area contributed by atoms with E-state index in [-0.39, 0.29) is 6.61 Å². The smallest absolute Gasteiger partial charge is 0.261 e. The van der Waals surface area contributed by atoms with Crippen molar-refractivity contribution in [1.29, 1.82) is 0 Å². The van der Waals surface area contributed by atoms with Gasteiger partial charge in [-0.05, 0) is 6.92 Å². The van der Waals surface area contributed by atoms with Crippen molar-refractivity contribution in [1.82, 2.24) is 19.9 Å². The van der Waals surface area contributed by atoms with E-state index in [1.165, 1.54) is 6.33 Å². The molecule has 2 aromatic rings. The minimum absolute atomic E-state index is 0.0743. The monoisotopic (exact) mass is 315 g/mol. The fourth-order valence-electron chi connectivity index (χ4n) is 1.29. The lowest BCUT2D eigenvalue weighted by Gasteiger charge is -2.03. The van der Waals surface area contributed by atoms with Gasteiger partial charge in [0.25, 0.3) is 10.1 Å². The van der Waals surface area contributed by atoms with E-state index in [1.807, 2.05) is 13.0 Å². The molecule has 0 aliphatic rings. The van der Waals surface area contributed by atoms with E-state index in [2.05, 4.69) is 25.3 Å². The van der Waals surface area contributed by atoms with E-state index in [1.54, 1.807) is 6.33 Å². The molecule has 2 aromatic heterocycles. The van der Waals surface area contributed by atoms with Crippen LogP contribution in [0.15, 0.2) is 24.3 Å². The van der Waals surface area contributed by atoms with Crippen LogP contribution >= 0.6 is 0 Å². The predicted molar refractivity (Wildman–Crippen MR) is 78.5 cm³/mol. The first-order valence-corrected chi connectivity index (χ1v) is 7.73. The van der Waals surface area contributed by atoms with Crippen LogP contribution in [0.2, 0.25) is 0 Å². The van der Waals surface area contributed by atoms with E-state index < -0.39 is 10.1 Å². The largest absolute Gasteiger partial charge is 0.392 e. The first kappa shape index (κ1) is 17.0. The van der Waals surface area contributed by atoms with Crippen LogP contribution in [0.1, 0.15) is 6.92 Å². The number of hydrogen-bond donors (Lipinski definition) is 4. The van der Waals surface area contributed by atoms with E-state index in [0.29, 0.717) is 24.3 Å². The van der Waals surface area contributed by atoms with E-state index in [0.717, 1.165) is 11.1 Å². The van der Waals surface area contributed by atoms with Crippen molar-refractivity contribution in [3.8, 4) is 0 Å². The molecule has 0 saturated heterocycles. The normalized spacial score (nSPS) is 11.9. The number of rotatable bonds is 4. The van der Waals surface area contributed by atoms with Gasteiger partial charge in [0.05, 0.1) is 19.2 Å². The van der Waals surface area contributed by atoms with Crippen LogP contribution in [-0.4, -0.2) is 57.4 Å². The highest BCUT2D eigenvalue weighted by atomic mass is 32.2. The molecule has 0 aliphatic carbocycles. The third-order valence-electron chi connectivity index (χ3n) is 2.19. The predicted octanol–water partition coefficient (Wildman–Crippen LogP) is 0.207. The molecule has 116 valence electrons. The van der Waals surface area contributed by atoms with Crippen LogP contribution in [0.4, 0.5) is 5.82 Å². The second kappa shape index (κ2) is 7.67. The highest BCUT2D eigenvalue weighted by Gasteiger charge is 2.03. The maximum absolute atomic E-state index is 9.19. The summed E-state index contributed by atoms with van der Waals surface area (Å²) in [6, 6.07) is 0. The topological polar surface area (TPSA) is 141 Å². The van der Waals surface area contributed by atoms with Gasteiger partial charge in [0.2, 0.25) is 0 Å². The van der Waals surface area contributed by atoms with Crippen molar-refractivity contribution in [2.45, 2.75) is 6.92 Å². The van der Waals surface area contributed by atoms with Crippen LogP contribution in [-0.2, 0) is 10.1 Å². The van der Waals surface area contributed by atoms with Crippen molar-refractivity contribution >= 4 is 27.1 Å². The summed E-state index contributed by atoms with van der Waals surface area (Å²) in [6.45, 7) is 2.55. The van der Waals surface area contributed by atoms with Crippen LogP contribution in [0.5, 0.6) is 0 Å². The first-order valence-electron chi connectivity index (χ1n) is 5.88. The highest BCUT2D eigenvalue weighted by Crippen LogP contribution is 2.13. The molecule has 10 heteroatoms. The van der Waals surface area contributed by atoms with Crippen molar-refractivity contribution in [2.75, 3.05) is 24.7 Å². The van der Waals surface area contributed by atoms with E-state index in [9.17, 15) is 8.42 Å². The van der Waals surface area contributed by atoms with Crippen LogP contribution in [0.3, 0.4) is 0 Å². The number of anilines is 1. The number of hydrogen-bond acceptors (Lipinski definition) is 7. The van der Waals surface area contributed by atoms with E-state index in [4.69, 9.17) is 9.66 Å². The molecule has 0 amide bonds. The van der Waals surface area contributed by atoms with Crippen molar-refractivity contribution in [2.24, 2.45) is 0 Å². The molecule has 0 fully saturated rings. The number of fused-ring (bicyclic) bond motifs is 1. The SMILES string of the molecule is C/C(=C\CNc1ncnc2nc[nH]c12)CO.CS(=O)(=O)O. The molecule has 9 nitrogen and oxygen atoms in total. The average Bonchev–Trinajstić information content (AvgIpc) is 2.85. The molecule has 0 aliphatic heterocycles. The van der Waals surface area contributed by atoms with Crippen molar-refractivity contribution < 1.29 is 18.1 Å². The van der Waals surface area contributed by atoms with Gasteiger partial charge in [-0.1, -0.05) is 11.6 Å². The second-order valence-electron chi connectivity index (χ2n) is 4.15. The molecule has 0 unspecified atom stereocenters. The van der Waals surface area contributed by atoms with Crippen LogP contribution in [0, 0.1) is 0 Å². The number of aromatic nitrogens is 4. The molecule has 0 saturated carbocycles. The number of imidazole rings is 1. The zero-order valence-electron chi connectivity index (χ0n) is 11.6. The Morgan fingerprint density at radius 1 is 1.43 bits per heavy atom. The second-order valence-corrected chi connectivity index (χ2v) is 5.61. The Morgan fingerprint density at radius 3 is 2.71 bits per heavy atom. The quantitative estimate of drug-likeness (QED) is 0.463. The zero-order valence-corrected chi connectivity index (χ0v) is 12.4. The first-order chi connectivity index (χ1) is 9.81. The summed E-state index contributed by atoms with van der Waals surface area (Å²) in [6.07, 6.45) is 5.67. The summed E-state index contributed by atoms with van der Waals surface area (Å²) in [5, 5.41) is 12.0. The summed E-state index contributed by atoms with van der Waals surface area (Å²) in [7, 11) is -3.67. The maximum atomic E-state index is 9.19. The number of nitrogens with zero attached hydrogens (tertiary/aromatic N) is 3. The third kappa shape index (κ3) is 6.79. The van der Waals surface area contributed by atoms with Gasteiger partial charge < -0.3 is 15.4 Å². The van der Waals surface area contributed by atoms with Gasteiger partial charge in [-0.2, -0.15) is 8.42 Å². The molecule has 2 rings (SSSR count). The standard InChI is InChI=1S/C10H13N5O.CH4O3S/c1-7(4-16)2-3-11-9-8-10(13-5-12-8)15-6-14-9;1-5(2,3)4/h2,5-6,16H,3-4H2,1H3,(H2,11,12,13,14,15);1H3,(H,2,3,4)/b7-2+;. The molecule has 0 spiro atoms. The molecule has 4 N–H and O–H groups in total. The number of aromatic amines is 1. The Bertz CT molecular complexity index is 702. The molecular weight excluding hydrogens is 298 g/mol. The minimum atomic E-state index is -3.67. The number of nitrogens with one attached hydrogen (secondary N) is 2. The lowest BCUT2D eigenvalue weighted by atomic mass is 10.3. The number of aliphatic hydroxyl groups is 1. The summed E-state index contributed by atoms with van der Waals surface area (Å²) in [5.41, 5.74) is 2.35. The molecular formula is C11H17N5O4S. The van der Waals surface area contributed by atoms with Crippen LogP contribution < -0.4 is 5.32 Å². The third-order valence-corrected chi connectivity index (χ3v) is 2.19. The number of H-pyrrole nitrogens is 1. The Kier molecular flexibility index (Phi) is 6.21. The van der Waals surface area contributed by atoms with E-state index >= 15 is 0 Å². The average molecular weight is 315 g/mol. The minimum Gasteiger partial charge on any atom is -0.392 e. The summed E-state index contributed by atoms with van der Waals surface area (Å²) >= 11 is 0. The summed E-state index contributed by atoms with van der Waals surface area (Å²) in [4.78, 5) is 15.1. The molecule has 2 heterocycles. The zero-order chi connectivity index (χ0) is 15.9. The molecule has 0 aromatic carbocycles. The molecule has 0 atom stereocenters. The van der Waals surface area contributed by atoms with Crippen molar-refractivity contribution in [3.63, 3.8) is 0 Å². The van der Waals surface area contributed by atoms with Gasteiger partial charge in [0.15, 0.2) is 11.5 Å².